The molecule has 1 unspecified atom stereocenters. The summed E-state index contributed by atoms with van der Waals surface area (Å²) in [6.07, 6.45) is 3.14. The number of hydrogen-bond donors (Lipinski definition) is 2. The summed E-state index contributed by atoms with van der Waals surface area (Å²) in [5, 5.41) is 16.7. The minimum absolute atomic E-state index is 0.124. The highest BCUT2D eigenvalue weighted by Crippen LogP contribution is 2.29. The van der Waals surface area contributed by atoms with Gasteiger partial charge in [-0.2, -0.15) is 0 Å². The Balaban J connectivity index is 2.97. The molecule has 1 aliphatic rings. The van der Waals surface area contributed by atoms with Gasteiger partial charge in [-0.1, -0.05) is 0 Å². The molecular weight excluding hydrogens is 216 g/mol. The van der Waals surface area contributed by atoms with Crippen molar-refractivity contribution in [3.8, 4) is 0 Å². The highest BCUT2D eigenvalue weighted by molar-refractivity contribution is 6.21. The van der Waals surface area contributed by atoms with Crippen LogP contribution in [0.15, 0.2) is 11.6 Å². The van der Waals surface area contributed by atoms with Crippen molar-refractivity contribution < 1.29 is 24.5 Å². The van der Waals surface area contributed by atoms with E-state index < -0.39 is 17.2 Å². The molecule has 1 atom stereocenters. The highest BCUT2D eigenvalue weighted by atomic mass is 28.1. The van der Waals surface area contributed by atoms with Gasteiger partial charge in [0.05, 0.1) is 10.8 Å². The number of rotatable bonds is 3. The lowest BCUT2D eigenvalue weighted by Crippen LogP contribution is -2.42. The Morgan fingerprint density at radius 3 is 2.40 bits per heavy atom. The summed E-state index contributed by atoms with van der Waals surface area (Å²) in [5.74, 6) is -2.44. The molecule has 1 saturated heterocycles. The molecular formula is C9H14O5Si. The number of carbonyl (C=O) groups is 2. The van der Waals surface area contributed by atoms with Crippen LogP contribution in [0.4, 0.5) is 0 Å². The van der Waals surface area contributed by atoms with Gasteiger partial charge in [0.1, 0.15) is 0 Å². The monoisotopic (exact) mass is 230 g/mol. The van der Waals surface area contributed by atoms with E-state index in [9.17, 15) is 9.59 Å². The molecule has 6 heteroatoms. The number of carboxylic acid groups (broad SMARTS) is 2. The average molecular weight is 230 g/mol. The maximum Gasteiger partial charge on any atom is 0.334 e. The normalized spacial score (nSPS) is 27.6. The Hall–Kier alpha value is -1.14. The fraction of sp³-hybridized carbons (Fsp3) is 0.556. The Morgan fingerprint density at radius 2 is 2.00 bits per heavy atom. The van der Waals surface area contributed by atoms with Crippen LogP contribution in [-0.4, -0.2) is 44.2 Å². The van der Waals surface area contributed by atoms with E-state index in [2.05, 4.69) is 0 Å². The molecule has 0 aromatic carbocycles. The van der Waals surface area contributed by atoms with Crippen molar-refractivity contribution in [1.29, 1.82) is 0 Å². The first-order valence-corrected chi connectivity index (χ1v) is 5.78. The van der Waals surface area contributed by atoms with E-state index in [0.717, 1.165) is 18.9 Å². The first-order chi connectivity index (χ1) is 6.96. The largest absolute Gasteiger partial charge is 0.478 e. The van der Waals surface area contributed by atoms with Gasteiger partial charge in [0.25, 0.3) is 0 Å². The SMILES string of the molecule is O=C(O)/C=C(/C(=O)O)C1([SiH3])CCCCO1. The van der Waals surface area contributed by atoms with Crippen molar-refractivity contribution in [1.82, 2.24) is 0 Å². The first-order valence-electron chi connectivity index (χ1n) is 4.78. The number of carboxylic acids is 2. The summed E-state index contributed by atoms with van der Waals surface area (Å²) >= 11 is 0. The van der Waals surface area contributed by atoms with Gasteiger partial charge in [0.2, 0.25) is 0 Å². The maximum absolute atomic E-state index is 11.0. The van der Waals surface area contributed by atoms with Crippen LogP contribution < -0.4 is 0 Å². The van der Waals surface area contributed by atoms with Crippen molar-refractivity contribution in [2.45, 2.75) is 24.5 Å². The van der Waals surface area contributed by atoms with Crippen LogP contribution >= 0.6 is 0 Å². The molecule has 0 bridgehead atoms. The predicted octanol–water partition coefficient (Wildman–Crippen LogP) is -0.656. The lowest BCUT2D eigenvalue weighted by molar-refractivity contribution is -0.137. The van der Waals surface area contributed by atoms with Crippen LogP contribution in [-0.2, 0) is 14.3 Å². The Kier molecular flexibility index (Phi) is 3.65. The Bertz CT molecular complexity index is 304. The molecule has 5 nitrogen and oxygen atoms in total. The second kappa shape index (κ2) is 4.58. The number of hydrogen-bond acceptors (Lipinski definition) is 3. The van der Waals surface area contributed by atoms with Gasteiger partial charge in [-0.15, -0.1) is 0 Å². The molecule has 1 aliphatic heterocycles. The van der Waals surface area contributed by atoms with E-state index in [4.69, 9.17) is 14.9 Å². The molecule has 0 aromatic rings. The lowest BCUT2D eigenvalue weighted by atomic mass is 10.00. The second-order valence-corrected chi connectivity index (χ2v) is 5.35. The summed E-state index contributed by atoms with van der Waals surface area (Å²) in [6, 6.07) is 0. The van der Waals surface area contributed by atoms with Gasteiger partial charge in [0, 0.05) is 22.9 Å². The lowest BCUT2D eigenvalue weighted by Gasteiger charge is -2.34. The minimum atomic E-state index is -1.24. The first kappa shape index (κ1) is 11.9. The number of aliphatic carboxylic acids is 2. The topological polar surface area (TPSA) is 83.8 Å². The molecule has 84 valence electrons. The van der Waals surface area contributed by atoms with Crippen LogP contribution in [0.1, 0.15) is 19.3 Å². The molecule has 2 N–H and O–H groups in total. The fourth-order valence-electron chi connectivity index (χ4n) is 1.71. The van der Waals surface area contributed by atoms with Crippen LogP contribution in [0.3, 0.4) is 0 Å². The third kappa shape index (κ3) is 2.90. The summed E-state index contributed by atoms with van der Waals surface area (Å²) in [7, 11) is 0.482. The van der Waals surface area contributed by atoms with Gasteiger partial charge in [-0.25, -0.2) is 9.59 Å². The molecule has 1 heterocycles. The molecule has 0 aromatic heterocycles. The molecule has 0 spiro atoms. The molecule has 15 heavy (non-hydrogen) atoms. The maximum atomic E-state index is 11.0. The van der Waals surface area contributed by atoms with Crippen LogP contribution in [0, 0.1) is 0 Å². The van der Waals surface area contributed by atoms with Gasteiger partial charge in [0.15, 0.2) is 0 Å². The summed E-state index contributed by atoms with van der Waals surface area (Å²) in [6.45, 7) is 0.508. The summed E-state index contributed by atoms with van der Waals surface area (Å²) in [4.78, 5) is 21.5. The molecule has 0 aliphatic carbocycles. The molecule has 0 radical (unpaired) electrons. The predicted molar refractivity (Wildman–Crippen MR) is 55.8 cm³/mol. The van der Waals surface area contributed by atoms with Crippen molar-refractivity contribution in [3.05, 3.63) is 11.6 Å². The summed E-state index contributed by atoms with van der Waals surface area (Å²) in [5.41, 5.74) is -0.124. The van der Waals surface area contributed by atoms with E-state index in [0.29, 0.717) is 23.3 Å². The van der Waals surface area contributed by atoms with Crippen molar-refractivity contribution >= 4 is 22.2 Å². The smallest absolute Gasteiger partial charge is 0.334 e. The zero-order chi connectivity index (χ0) is 11.5. The van der Waals surface area contributed by atoms with Gasteiger partial charge in [-0.05, 0) is 19.3 Å². The van der Waals surface area contributed by atoms with Crippen molar-refractivity contribution in [2.24, 2.45) is 0 Å². The summed E-state index contributed by atoms with van der Waals surface area (Å²) < 4.78 is 5.44. The zero-order valence-electron chi connectivity index (χ0n) is 8.52. The molecule has 1 rings (SSSR count). The van der Waals surface area contributed by atoms with Crippen LogP contribution in [0.5, 0.6) is 0 Å². The van der Waals surface area contributed by atoms with Gasteiger partial charge in [-0.3, -0.25) is 0 Å². The zero-order valence-corrected chi connectivity index (χ0v) is 10.5. The molecule has 0 amide bonds. The minimum Gasteiger partial charge on any atom is -0.478 e. The third-order valence-corrected chi connectivity index (χ3v) is 3.86. The second-order valence-electron chi connectivity index (χ2n) is 3.74. The van der Waals surface area contributed by atoms with Crippen molar-refractivity contribution in [3.63, 3.8) is 0 Å². The highest BCUT2D eigenvalue weighted by Gasteiger charge is 2.36. The number of ether oxygens (including phenoxy) is 1. The van der Waals surface area contributed by atoms with E-state index in [1.165, 1.54) is 0 Å². The van der Waals surface area contributed by atoms with Crippen LogP contribution in [0.2, 0.25) is 0 Å². The van der Waals surface area contributed by atoms with Gasteiger partial charge >= 0.3 is 11.9 Å². The Labute approximate surface area is 90.2 Å². The van der Waals surface area contributed by atoms with Crippen molar-refractivity contribution in [2.75, 3.05) is 6.61 Å². The van der Waals surface area contributed by atoms with E-state index in [1.807, 2.05) is 0 Å². The van der Waals surface area contributed by atoms with Gasteiger partial charge < -0.3 is 14.9 Å². The van der Waals surface area contributed by atoms with E-state index in [-0.39, 0.29) is 5.57 Å². The van der Waals surface area contributed by atoms with E-state index in [1.54, 1.807) is 0 Å². The quantitative estimate of drug-likeness (QED) is 0.497. The average Bonchev–Trinajstić information content (AvgIpc) is 2.14. The van der Waals surface area contributed by atoms with E-state index >= 15 is 0 Å². The third-order valence-electron chi connectivity index (χ3n) is 2.54. The molecule has 0 saturated carbocycles. The Morgan fingerprint density at radius 1 is 1.33 bits per heavy atom. The fourth-order valence-corrected chi connectivity index (χ4v) is 2.63. The standard InChI is InChI=1S/C9H14O5Si/c10-7(11)5-6(8(12)13)9(15)3-1-2-4-14-9/h5H,1-4H2,15H3,(H,10,11)(H,12,13)/b6-5-. The van der Waals surface area contributed by atoms with Crippen LogP contribution in [0.25, 0.3) is 0 Å². The molecule has 1 fully saturated rings.